The van der Waals surface area contributed by atoms with E-state index < -0.39 is 5.92 Å². The summed E-state index contributed by atoms with van der Waals surface area (Å²) in [5, 5.41) is 12.7. The molecule has 0 amide bonds. The van der Waals surface area contributed by atoms with Crippen LogP contribution in [0, 0.1) is 11.3 Å². The molecule has 6 heterocycles. The summed E-state index contributed by atoms with van der Waals surface area (Å²) in [7, 11) is 0. The van der Waals surface area contributed by atoms with Gasteiger partial charge in [0.1, 0.15) is 10.8 Å². The molecule has 8 heteroatoms. The van der Waals surface area contributed by atoms with Crippen LogP contribution < -0.4 is 15.5 Å². The summed E-state index contributed by atoms with van der Waals surface area (Å²) in [4.78, 5) is 22.9. The van der Waals surface area contributed by atoms with Crippen molar-refractivity contribution in [3.8, 4) is 6.07 Å². The quantitative estimate of drug-likeness (QED) is 0.541. The van der Waals surface area contributed by atoms with E-state index in [0.29, 0.717) is 29.6 Å². The van der Waals surface area contributed by atoms with E-state index in [-0.39, 0.29) is 5.78 Å². The highest BCUT2D eigenvalue weighted by molar-refractivity contribution is 9.10. The molecule has 0 saturated carbocycles. The smallest absolute Gasteiger partial charge is 0.161 e. The molecule has 2 bridgehead atoms. The number of aliphatic imine (C=N–C) groups is 1. The Morgan fingerprint density at radius 1 is 1.21 bits per heavy atom. The van der Waals surface area contributed by atoms with Crippen LogP contribution in [0.15, 0.2) is 56.4 Å². The van der Waals surface area contributed by atoms with Gasteiger partial charge in [0.25, 0.3) is 0 Å². The number of rotatable bonds is 1. The second-order valence-corrected chi connectivity index (χ2v) is 11.5. The van der Waals surface area contributed by atoms with Gasteiger partial charge in [-0.3, -0.25) is 9.69 Å². The maximum atomic E-state index is 13.4. The zero-order valence-corrected chi connectivity index (χ0v) is 20.9. The third-order valence-electron chi connectivity index (χ3n) is 7.81. The van der Waals surface area contributed by atoms with Gasteiger partial charge in [0, 0.05) is 40.8 Å². The first-order chi connectivity index (χ1) is 16.6. The predicted molar refractivity (Wildman–Crippen MR) is 137 cm³/mol. The predicted octanol–water partition coefficient (Wildman–Crippen LogP) is 5.27. The number of hydrogen-bond acceptors (Lipinski definition) is 7. The van der Waals surface area contributed by atoms with Crippen LogP contribution >= 0.6 is 27.3 Å². The monoisotopic (exact) mass is 531 g/mol. The van der Waals surface area contributed by atoms with Gasteiger partial charge in [-0.25, -0.2) is 4.99 Å². The van der Waals surface area contributed by atoms with E-state index >= 15 is 0 Å². The Hall–Kier alpha value is -2.89. The molecule has 1 aliphatic carbocycles. The number of Topliss-reactive ketones (excluding diaryl/α,β-unsaturated/α-hetero) is 1. The van der Waals surface area contributed by atoms with E-state index in [0.717, 1.165) is 70.6 Å². The van der Waals surface area contributed by atoms with Gasteiger partial charge in [-0.15, -0.1) is 0 Å². The van der Waals surface area contributed by atoms with E-state index in [1.165, 1.54) is 10.6 Å². The Morgan fingerprint density at radius 3 is 2.79 bits per heavy atom. The summed E-state index contributed by atoms with van der Waals surface area (Å²) >= 11 is 5.32. The van der Waals surface area contributed by atoms with Crippen molar-refractivity contribution < 1.29 is 4.79 Å². The summed E-state index contributed by atoms with van der Waals surface area (Å²) in [5.41, 5.74) is 12.2. The van der Waals surface area contributed by atoms with Gasteiger partial charge < -0.3 is 10.6 Å². The van der Waals surface area contributed by atoms with Gasteiger partial charge in [-0.05, 0) is 49.3 Å². The zero-order chi connectivity index (χ0) is 23.1. The first-order valence-corrected chi connectivity index (χ1v) is 13.4. The van der Waals surface area contributed by atoms with Gasteiger partial charge in [0.15, 0.2) is 11.6 Å². The van der Waals surface area contributed by atoms with E-state index in [1.807, 2.05) is 24.3 Å². The fourth-order valence-corrected chi connectivity index (χ4v) is 8.27. The number of thiophene rings is 1. The topological polar surface area (TPSA) is 85.7 Å². The number of nitrogens with zero attached hydrogens (tertiary/aromatic N) is 4. The number of carbonyl (C=O) groups is 1. The number of hydrogen-bond donors (Lipinski definition) is 1. The van der Waals surface area contributed by atoms with Crippen LogP contribution in [0.3, 0.4) is 0 Å². The highest BCUT2D eigenvalue weighted by Gasteiger charge is 2.46. The molecule has 170 valence electrons. The molecule has 0 spiro atoms. The molecular weight excluding hydrogens is 510 g/mol. The molecular formula is C26H22BrN5OS. The van der Waals surface area contributed by atoms with E-state index in [9.17, 15) is 10.1 Å². The number of carbonyl (C=O) groups excluding carboxylic acids is 1. The number of ketones is 1. The average molecular weight is 532 g/mol. The third-order valence-corrected chi connectivity index (χ3v) is 9.56. The molecule has 5 aliphatic heterocycles. The molecule has 8 rings (SSSR count). The van der Waals surface area contributed by atoms with Crippen molar-refractivity contribution in [2.24, 2.45) is 10.7 Å². The van der Waals surface area contributed by atoms with E-state index in [4.69, 9.17) is 10.7 Å². The van der Waals surface area contributed by atoms with Crippen molar-refractivity contribution in [2.45, 2.75) is 43.9 Å². The fraction of sp³-hybridized carbons (Fsp3) is 0.346. The van der Waals surface area contributed by atoms with Crippen LogP contribution in [0.25, 0.3) is 0 Å². The molecule has 1 atom stereocenters. The second-order valence-electron chi connectivity index (χ2n) is 9.57. The first kappa shape index (κ1) is 20.5. The highest BCUT2D eigenvalue weighted by Crippen LogP contribution is 2.57. The number of anilines is 2. The molecule has 1 saturated heterocycles. The standard InChI is InChI=1S/C26H22BrN5OS/c27-15-4-1-3-14(11-15)19-16(12-28)24-30-23(29)22-20-13-7-9-31(10-8-13)25(20)34-26(22)32(24)17-5-2-6-18(33)21(17)19/h1,3-4,11,13,19H,2,5-10H2,(H2,29,30). The summed E-state index contributed by atoms with van der Waals surface area (Å²) in [5.74, 6) is 1.30. The number of nitriles is 1. The SMILES string of the molecule is N#CC1=C2N=C(N)c3c(sc4c3C3CCN4CC3)N2C2=C(C(=O)CCC2)C1c1cccc(Br)c1. The summed E-state index contributed by atoms with van der Waals surface area (Å²) in [6.45, 7) is 2.16. The van der Waals surface area contributed by atoms with E-state index in [2.05, 4.69) is 31.8 Å². The Labute approximate surface area is 210 Å². The van der Waals surface area contributed by atoms with Gasteiger partial charge >= 0.3 is 0 Å². The van der Waals surface area contributed by atoms with Gasteiger partial charge in [0.2, 0.25) is 0 Å². The van der Waals surface area contributed by atoms with Crippen LogP contribution in [0.1, 0.15) is 60.6 Å². The minimum Gasteiger partial charge on any atom is -0.383 e. The molecule has 6 nitrogen and oxygen atoms in total. The average Bonchev–Trinajstić information content (AvgIpc) is 3.27. The summed E-state index contributed by atoms with van der Waals surface area (Å²) in [6.07, 6.45) is 4.40. The molecule has 6 aliphatic rings. The van der Waals surface area contributed by atoms with Crippen LogP contribution in [0.4, 0.5) is 10.0 Å². The number of halogens is 1. The minimum atomic E-state index is -0.427. The molecule has 1 fully saturated rings. The molecule has 34 heavy (non-hydrogen) atoms. The van der Waals surface area contributed by atoms with Crippen LogP contribution in [0.2, 0.25) is 0 Å². The number of nitrogens with two attached hydrogens (primary N) is 1. The third kappa shape index (κ3) is 2.65. The second kappa shape index (κ2) is 7.30. The lowest BCUT2D eigenvalue weighted by Crippen LogP contribution is -2.40. The van der Waals surface area contributed by atoms with Crippen molar-refractivity contribution in [1.29, 1.82) is 5.26 Å². The molecule has 1 unspecified atom stereocenters. The Balaban J connectivity index is 1.52. The van der Waals surface area contributed by atoms with Gasteiger partial charge in [-0.2, -0.15) is 5.26 Å². The Morgan fingerprint density at radius 2 is 2.03 bits per heavy atom. The molecule has 0 radical (unpaired) electrons. The van der Waals surface area contributed by atoms with Crippen LogP contribution in [-0.4, -0.2) is 24.7 Å². The largest absolute Gasteiger partial charge is 0.383 e. The molecule has 2 N–H and O–H groups in total. The highest BCUT2D eigenvalue weighted by atomic mass is 79.9. The van der Waals surface area contributed by atoms with Crippen molar-refractivity contribution >= 4 is 48.9 Å². The summed E-state index contributed by atoms with van der Waals surface area (Å²) < 4.78 is 0.921. The number of fused-ring (bicyclic) bond motifs is 6. The van der Waals surface area contributed by atoms with Crippen molar-refractivity contribution in [3.05, 3.63) is 68.1 Å². The summed E-state index contributed by atoms with van der Waals surface area (Å²) in [6, 6.07) is 10.3. The maximum absolute atomic E-state index is 13.4. The van der Waals surface area contributed by atoms with Crippen molar-refractivity contribution in [1.82, 2.24) is 0 Å². The normalized spacial score (nSPS) is 23.4. The van der Waals surface area contributed by atoms with Crippen LogP contribution in [-0.2, 0) is 4.79 Å². The molecule has 1 aromatic carbocycles. The number of allylic oxidation sites excluding steroid dienone is 3. The van der Waals surface area contributed by atoms with Gasteiger partial charge in [0.05, 0.1) is 28.1 Å². The van der Waals surface area contributed by atoms with Gasteiger partial charge in [-0.1, -0.05) is 39.4 Å². The Bertz CT molecular complexity index is 1420. The molecule has 2 aromatic rings. The van der Waals surface area contributed by atoms with Crippen LogP contribution in [0.5, 0.6) is 0 Å². The number of piperidine rings is 1. The van der Waals surface area contributed by atoms with E-state index in [1.54, 1.807) is 11.3 Å². The number of amidine groups is 1. The Kier molecular flexibility index (Phi) is 4.40. The van der Waals surface area contributed by atoms with Crippen molar-refractivity contribution in [3.63, 3.8) is 0 Å². The molecule has 1 aromatic heterocycles. The lowest BCUT2D eigenvalue weighted by atomic mass is 9.75. The first-order valence-electron chi connectivity index (χ1n) is 11.8. The minimum absolute atomic E-state index is 0.132. The maximum Gasteiger partial charge on any atom is 0.161 e. The zero-order valence-electron chi connectivity index (χ0n) is 18.5. The van der Waals surface area contributed by atoms with Crippen molar-refractivity contribution in [2.75, 3.05) is 22.9 Å². The lowest BCUT2D eigenvalue weighted by Gasteiger charge is -2.41. The fourth-order valence-electron chi connectivity index (χ4n) is 6.37. The lowest BCUT2D eigenvalue weighted by molar-refractivity contribution is -0.116. The number of benzene rings is 1.